The van der Waals surface area contributed by atoms with Crippen molar-refractivity contribution in [3.8, 4) is 23.0 Å². The van der Waals surface area contributed by atoms with Crippen molar-refractivity contribution >= 4 is 5.91 Å². The van der Waals surface area contributed by atoms with Crippen LogP contribution in [0.25, 0.3) is 0 Å². The monoisotopic (exact) mass is 482 g/mol. The lowest BCUT2D eigenvalue weighted by Gasteiger charge is -2.34. The number of likely N-dealkylation sites (N-methyl/N-ethyl adjacent to an activating group) is 1. The maximum Gasteiger partial charge on any atom is 0.227 e. The maximum absolute atomic E-state index is 13.4. The van der Waals surface area contributed by atoms with Crippen LogP contribution in [0.5, 0.6) is 23.0 Å². The molecule has 184 valence electrons. The van der Waals surface area contributed by atoms with Crippen LogP contribution in [0.15, 0.2) is 24.3 Å². The van der Waals surface area contributed by atoms with Gasteiger partial charge in [-0.05, 0) is 79.3 Å². The van der Waals surface area contributed by atoms with E-state index in [4.69, 9.17) is 38.1 Å². The van der Waals surface area contributed by atoms with Gasteiger partial charge in [0.05, 0.1) is 42.9 Å². The van der Waals surface area contributed by atoms with Crippen LogP contribution < -0.4 is 18.9 Å². The van der Waals surface area contributed by atoms with E-state index in [1.165, 1.54) is 39.5 Å². The topological polar surface area (TPSA) is 60.5 Å². The summed E-state index contributed by atoms with van der Waals surface area (Å²) in [5.41, 5.74) is 0.721. The molecule has 0 saturated carbocycles. The van der Waals surface area contributed by atoms with Gasteiger partial charge in [-0.15, -0.1) is 0 Å². The Morgan fingerprint density at radius 1 is 1.03 bits per heavy atom. The molecule has 1 aliphatic heterocycles. The fraction of sp³-hybridized carbons (Fsp3) is 0.519. The number of benzene rings is 2. The molecule has 1 amide bonds. The van der Waals surface area contributed by atoms with E-state index in [2.05, 4.69) is 0 Å². The summed E-state index contributed by atoms with van der Waals surface area (Å²) in [6.07, 6.45) is -3.93. The van der Waals surface area contributed by atoms with Crippen molar-refractivity contribution in [1.82, 2.24) is 9.80 Å². The second-order valence-electron chi connectivity index (χ2n) is 7.88. The highest BCUT2D eigenvalue weighted by molar-refractivity contribution is 5.80. The average molecular weight is 483 g/mol. The van der Waals surface area contributed by atoms with Gasteiger partial charge in [-0.25, -0.2) is 0 Å². The molecule has 7 heteroatoms. The lowest BCUT2D eigenvalue weighted by molar-refractivity contribution is -0.130. The van der Waals surface area contributed by atoms with Crippen LogP contribution in [-0.4, -0.2) is 77.1 Å². The molecule has 2 aromatic carbocycles. The first-order valence-corrected chi connectivity index (χ1v) is 10.6. The van der Waals surface area contributed by atoms with Crippen molar-refractivity contribution in [1.29, 1.82) is 0 Å². The summed E-state index contributed by atoms with van der Waals surface area (Å²) in [6.45, 7) is -8.60. The molecule has 0 saturated heterocycles. The Hall–Kier alpha value is -2.93. The molecule has 4 rings (SSSR count). The highest BCUT2D eigenvalue weighted by atomic mass is 16.5. The van der Waals surface area contributed by atoms with Gasteiger partial charge in [0.1, 0.15) is 0 Å². The van der Waals surface area contributed by atoms with Crippen molar-refractivity contribution in [3.05, 3.63) is 46.5 Å². The minimum absolute atomic E-state index is 0.0182. The van der Waals surface area contributed by atoms with Crippen molar-refractivity contribution in [2.24, 2.45) is 0 Å². The first-order chi connectivity index (χ1) is 21.8. The van der Waals surface area contributed by atoms with Crippen LogP contribution in [-0.2, 0) is 24.0 Å². The second-order valence-corrected chi connectivity index (χ2v) is 7.88. The molecule has 7 nitrogen and oxygen atoms in total. The number of rotatable bonds is 10. The van der Waals surface area contributed by atoms with Crippen LogP contribution in [0, 0.1) is 0 Å². The molecule has 1 heterocycles. The Labute approximate surface area is 222 Å². The minimum atomic E-state index is -3.07. The number of fused-ring (bicyclic) bond motifs is 2. The van der Waals surface area contributed by atoms with E-state index in [0.29, 0.717) is 16.0 Å². The summed E-state index contributed by atoms with van der Waals surface area (Å²) in [4.78, 5) is 14.8. The summed E-state index contributed by atoms with van der Waals surface area (Å²) in [7, 11) is -2.01. The number of hydrogen-bond acceptors (Lipinski definition) is 6. The van der Waals surface area contributed by atoms with Crippen molar-refractivity contribution in [3.63, 3.8) is 0 Å². The SMILES string of the molecule is [2H]C([2H])([2H])Oc1cc2c(cc1OC)CC2C([2H])([2H])N(C)C([2H])([2H])CCN1C(=O)Cc2cc(OC)c(OC([2H])([2H])[2H])cc2C([2H])([2H])C1([2H])[2H]. The zero-order valence-corrected chi connectivity index (χ0v) is 19.2. The van der Waals surface area contributed by atoms with Gasteiger partial charge in [0.25, 0.3) is 0 Å². The van der Waals surface area contributed by atoms with E-state index in [9.17, 15) is 4.79 Å². The lowest BCUT2D eigenvalue weighted by Crippen LogP contribution is -2.36. The number of nitrogens with zero attached hydrogens (tertiary/aromatic N) is 2. The molecule has 1 aliphatic carbocycles. The summed E-state index contributed by atoms with van der Waals surface area (Å²) in [5, 5.41) is 0. The van der Waals surface area contributed by atoms with Gasteiger partial charge in [0.2, 0.25) is 5.91 Å². The third-order valence-electron chi connectivity index (χ3n) is 5.84. The molecule has 0 N–H and O–H groups in total. The van der Waals surface area contributed by atoms with E-state index in [0.717, 1.165) is 11.0 Å². The fourth-order valence-corrected chi connectivity index (χ4v) is 4.01. The Balaban J connectivity index is 1.59. The number of hydrogen-bond donors (Lipinski definition) is 0. The van der Waals surface area contributed by atoms with E-state index in [-0.39, 0.29) is 40.5 Å². The quantitative estimate of drug-likeness (QED) is 0.518. The first-order valence-electron chi connectivity index (χ1n) is 17.6. The van der Waals surface area contributed by atoms with E-state index in [1.807, 2.05) is 0 Å². The van der Waals surface area contributed by atoms with Gasteiger partial charge in [-0.3, -0.25) is 4.79 Å². The number of carbonyl (C=O) groups excluding carboxylic acids is 1. The van der Waals surface area contributed by atoms with Crippen molar-refractivity contribution in [2.45, 2.75) is 31.6 Å². The van der Waals surface area contributed by atoms with Crippen molar-refractivity contribution in [2.75, 3.05) is 61.4 Å². The summed E-state index contributed by atoms with van der Waals surface area (Å²) in [5.74, 6) is -2.30. The molecule has 0 fully saturated rings. The number of methoxy groups -OCH3 is 4. The van der Waals surface area contributed by atoms with E-state index < -0.39 is 71.2 Å². The van der Waals surface area contributed by atoms with Crippen LogP contribution in [0.1, 0.15) is 53.8 Å². The predicted octanol–water partition coefficient (Wildman–Crippen LogP) is 3.31. The highest BCUT2D eigenvalue weighted by Gasteiger charge is 2.29. The Morgan fingerprint density at radius 3 is 2.38 bits per heavy atom. The van der Waals surface area contributed by atoms with Gasteiger partial charge >= 0.3 is 0 Å². The zero-order valence-electron chi connectivity index (χ0n) is 33.2. The largest absolute Gasteiger partial charge is 0.493 e. The summed E-state index contributed by atoms with van der Waals surface area (Å²) in [6, 6.07) is 5.07. The molecule has 1 unspecified atom stereocenters. The first kappa shape index (κ1) is 12.2. The fourth-order valence-electron chi connectivity index (χ4n) is 4.01. The smallest absolute Gasteiger partial charge is 0.227 e. The molecular formula is C27H36N2O5. The molecule has 34 heavy (non-hydrogen) atoms. The van der Waals surface area contributed by atoms with Gasteiger partial charge in [-0.1, -0.05) is 0 Å². The zero-order chi connectivity index (χ0) is 36.4. The van der Waals surface area contributed by atoms with Crippen LogP contribution in [0.4, 0.5) is 0 Å². The standard InChI is InChI=1S/C27H36N2O5/c1-28(17-21-11-20-14-25(33-4)26(34-5)16-22(20)21)8-6-9-29-10-7-18-12-23(31-2)24(32-3)13-19(18)15-27(29)30/h12-14,16,21H,6-11,15,17H2,1-5H3/i2D3,5D3,7D2,8D2,10D2,17D2. The Morgan fingerprint density at radius 2 is 1.68 bits per heavy atom. The minimum Gasteiger partial charge on any atom is -0.493 e. The van der Waals surface area contributed by atoms with Gasteiger partial charge < -0.3 is 28.7 Å². The predicted molar refractivity (Wildman–Crippen MR) is 132 cm³/mol. The highest BCUT2D eigenvalue weighted by Crippen LogP contribution is 2.42. The number of aryl methyl sites for hydroxylation is 1. The van der Waals surface area contributed by atoms with Gasteiger partial charge in [0.15, 0.2) is 23.0 Å². The molecule has 0 radical (unpaired) electrons. The molecule has 0 spiro atoms. The molecule has 1 atom stereocenters. The van der Waals surface area contributed by atoms with Crippen molar-refractivity contribution < 1.29 is 42.9 Å². The lowest BCUT2D eigenvalue weighted by atomic mass is 9.77. The third kappa shape index (κ3) is 4.94. The Bertz CT molecular complexity index is 1560. The molecule has 2 aliphatic rings. The third-order valence-corrected chi connectivity index (χ3v) is 5.84. The Kier molecular flexibility index (Phi) is 3.77. The molecule has 0 aromatic heterocycles. The molecule has 2 aromatic rings. The van der Waals surface area contributed by atoms with Gasteiger partial charge in [-0.2, -0.15) is 0 Å². The van der Waals surface area contributed by atoms with Crippen LogP contribution in [0.3, 0.4) is 0 Å². The summed E-state index contributed by atoms with van der Waals surface area (Å²) < 4.78 is 135. The summed E-state index contributed by atoms with van der Waals surface area (Å²) >= 11 is 0. The molecular weight excluding hydrogens is 432 g/mol. The maximum atomic E-state index is 13.4. The van der Waals surface area contributed by atoms with Crippen LogP contribution in [0.2, 0.25) is 0 Å². The number of amides is 1. The van der Waals surface area contributed by atoms with Gasteiger partial charge in [0, 0.05) is 36.4 Å². The number of ether oxygens (including phenoxy) is 4. The van der Waals surface area contributed by atoms with Crippen LogP contribution >= 0.6 is 0 Å². The van der Waals surface area contributed by atoms with E-state index >= 15 is 0 Å². The average Bonchev–Trinajstić information content (AvgIpc) is 2.97. The molecule has 0 bridgehead atoms. The normalized spacial score (nSPS) is 27.6. The van der Waals surface area contributed by atoms with E-state index in [1.54, 1.807) is 0 Å². The number of carbonyl (C=O) groups is 1. The second kappa shape index (κ2) is 10.6.